The van der Waals surface area contributed by atoms with Crippen LogP contribution in [-0.4, -0.2) is 30.5 Å². The van der Waals surface area contributed by atoms with E-state index in [1.165, 1.54) is 0 Å². The lowest BCUT2D eigenvalue weighted by atomic mass is 9.71. The van der Waals surface area contributed by atoms with E-state index in [0.717, 1.165) is 32.1 Å². The van der Waals surface area contributed by atoms with Crippen molar-refractivity contribution in [2.75, 3.05) is 0 Å². The Kier molecular flexibility index (Phi) is 3.12. The van der Waals surface area contributed by atoms with Gasteiger partial charge in [-0.05, 0) is 67.1 Å². The third-order valence-electron chi connectivity index (χ3n) is 8.61. The molecule has 0 radical (unpaired) electrons. The van der Waals surface area contributed by atoms with Crippen molar-refractivity contribution in [1.29, 1.82) is 0 Å². The molecule has 0 saturated heterocycles. The molecule has 0 aromatic rings. The van der Waals surface area contributed by atoms with Gasteiger partial charge in [-0.3, -0.25) is 9.59 Å². The number of imide groups is 1. The van der Waals surface area contributed by atoms with Gasteiger partial charge in [0.1, 0.15) is 0 Å². The van der Waals surface area contributed by atoms with Crippen molar-refractivity contribution in [2.24, 2.45) is 28.6 Å². The van der Waals surface area contributed by atoms with Gasteiger partial charge in [0.25, 0.3) is 21.9 Å². The Labute approximate surface area is 154 Å². The highest BCUT2D eigenvalue weighted by Gasteiger charge is 2.66. The molecule has 5 rings (SSSR count). The maximum atomic E-state index is 13.1. The zero-order valence-electron chi connectivity index (χ0n) is 15.4. The van der Waals surface area contributed by atoms with Crippen LogP contribution in [-0.2, 0) is 24.0 Å². The molecule has 142 valence electrons. The summed E-state index contributed by atoms with van der Waals surface area (Å²) in [5, 5.41) is -0.121. The number of hydroxylamine groups is 2. The van der Waals surface area contributed by atoms with Gasteiger partial charge in [0.15, 0.2) is 0 Å². The van der Waals surface area contributed by atoms with E-state index in [2.05, 4.69) is 13.8 Å². The molecule has 5 unspecified atom stereocenters. The van der Waals surface area contributed by atoms with Crippen LogP contribution >= 0.6 is 0 Å². The van der Waals surface area contributed by atoms with Gasteiger partial charge in [0, 0.05) is 11.1 Å². The summed E-state index contributed by atoms with van der Waals surface area (Å²) in [5.74, 6) is -0.565. The molecule has 4 aliphatic carbocycles. The van der Waals surface area contributed by atoms with Crippen molar-refractivity contribution in [3.05, 3.63) is 11.1 Å². The quantitative estimate of drug-likeness (QED) is 0.704. The summed E-state index contributed by atoms with van der Waals surface area (Å²) < 4.78 is 31.4. The summed E-state index contributed by atoms with van der Waals surface area (Å²) in [4.78, 5) is 25.4. The van der Waals surface area contributed by atoms with Gasteiger partial charge >= 0.3 is 0 Å². The number of hydrogen-bond acceptors (Lipinski definition) is 5. The van der Waals surface area contributed by atoms with E-state index in [-0.39, 0.29) is 17.3 Å². The Morgan fingerprint density at radius 1 is 0.962 bits per heavy atom. The van der Waals surface area contributed by atoms with Crippen LogP contribution in [0.4, 0.5) is 0 Å². The number of fused-ring (bicyclic) bond motifs is 6. The van der Waals surface area contributed by atoms with Gasteiger partial charge in [-0.25, -0.2) is 0 Å². The minimum Gasteiger partial charge on any atom is -0.267 e. The molecule has 26 heavy (non-hydrogen) atoms. The monoisotopic (exact) mass is 379 g/mol. The van der Waals surface area contributed by atoms with Gasteiger partial charge in [-0.1, -0.05) is 20.8 Å². The maximum absolute atomic E-state index is 13.1. The Morgan fingerprint density at radius 3 is 2.00 bits per heavy atom. The second kappa shape index (κ2) is 4.79. The molecule has 0 N–H and O–H groups in total. The van der Waals surface area contributed by atoms with E-state index < -0.39 is 32.6 Å². The first-order chi connectivity index (χ1) is 12.1. The first kappa shape index (κ1) is 16.9. The molecule has 1 aliphatic heterocycles. The SMILES string of the molecule is CC1(C)C2CCC1(C)C(S(=O)(=O)ON1C(=O)C3=C(C1=O)C1CCC3C1)C2. The topological polar surface area (TPSA) is 80.8 Å². The minimum atomic E-state index is -4.06. The first-order valence-electron chi connectivity index (χ1n) is 9.64. The maximum Gasteiger partial charge on any atom is 0.292 e. The fraction of sp³-hybridized carbons (Fsp3) is 0.789. The number of amides is 2. The molecular formula is C19H25NO5S. The normalized spacial score (nSPS) is 43.1. The largest absolute Gasteiger partial charge is 0.292 e. The molecule has 6 nitrogen and oxygen atoms in total. The summed E-state index contributed by atoms with van der Waals surface area (Å²) in [6, 6.07) is 0. The smallest absolute Gasteiger partial charge is 0.267 e. The lowest BCUT2D eigenvalue weighted by molar-refractivity contribution is -0.163. The predicted octanol–water partition coefficient (Wildman–Crippen LogP) is 2.56. The van der Waals surface area contributed by atoms with Gasteiger partial charge in [-0.15, -0.1) is 9.35 Å². The van der Waals surface area contributed by atoms with E-state index in [1.54, 1.807) is 0 Å². The fourth-order valence-electron chi connectivity index (χ4n) is 6.63. The van der Waals surface area contributed by atoms with Gasteiger partial charge < -0.3 is 0 Å². The predicted molar refractivity (Wildman–Crippen MR) is 92.7 cm³/mol. The van der Waals surface area contributed by atoms with Crippen LogP contribution in [0, 0.1) is 28.6 Å². The molecule has 3 saturated carbocycles. The number of rotatable bonds is 3. The van der Waals surface area contributed by atoms with Crippen LogP contribution in [0.2, 0.25) is 0 Å². The van der Waals surface area contributed by atoms with Crippen LogP contribution in [0.25, 0.3) is 0 Å². The Hall–Kier alpha value is -1.21. The molecule has 7 heteroatoms. The second-order valence-electron chi connectivity index (χ2n) is 9.61. The van der Waals surface area contributed by atoms with Crippen molar-refractivity contribution in [2.45, 2.75) is 64.5 Å². The third kappa shape index (κ3) is 1.79. The van der Waals surface area contributed by atoms with Crippen LogP contribution in [0.1, 0.15) is 59.3 Å². The molecule has 5 atom stereocenters. The van der Waals surface area contributed by atoms with Crippen molar-refractivity contribution in [3.8, 4) is 0 Å². The summed E-state index contributed by atoms with van der Waals surface area (Å²) in [6.45, 7) is 6.26. The third-order valence-corrected chi connectivity index (χ3v) is 10.4. The average Bonchev–Trinajstić information content (AvgIpc) is 3.31. The lowest BCUT2D eigenvalue weighted by Gasteiger charge is -2.38. The van der Waals surface area contributed by atoms with Crippen molar-refractivity contribution < 1.29 is 22.3 Å². The summed E-state index contributed by atoms with van der Waals surface area (Å²) in [7, 11) is -4.06. The average molecular weight is 379 g/mol. The Balaban J connectivity index is 1.43. The first-order valence-corrected chi connectivity index (χ1v) is 11.1. The Morgan fingerprint density at radius 2 is 1.54 bits per heavy atom. The van der Waals surface area contributed by atoms with E-state index in [1.807, 2.05) is 6.92 Å². The van der Waals surface area contributed by atoms with E-state index in [9.17, 15) is 18.0 Å². The zero-order valence-corrected chi connectivity index (χ0v) is 16.3. The highest BCUT2D eigenvalue weighted by Crippen LogP contribution is 2.67. The standard InChI is InChI=1S/C19H25NO5S/c1-18(2)12-6-7-19(18,3)13(9-12)26(23,24)25-20-16(21)14-10-4-5-11(8-10)15(14)17(20)22/h10-13H,4-9H2,1-3H3. The van der Waals surface area contributed by atoms with Crippen LogP contribution in [0.5, 0.6) is 0 Å². The van der Waals surface area contributed by atoms with Crippen LogP contribution < -0.4 is 0 Å². The number of hydrogen-bond donors (Lipinski definition) is 0. The van der Waals surface area contributed by atoms with E-state index >= 15 is 0 Å². The zero-order chi connectivity index (χ0) is 18.6. The van der Waals surface area contributed by atoms with Crippen LogP contribution in [0.15, 0.2) is 11.1 Å². The molecule has 1 heterocycles. The van der Waals surface area contributed by atoms with Gasteiger partial charge in [-0.2, -0.15) is 8.42 Å². The number of carbonyl (C=O) groups excluding carboxylic acids is 2. The minimum absolute atomic E-state index is 0.0910. The molecule has 3 fully saturated rings. The van der Waals surface area contributed by atoms with E-state index in [0.29, 0.717) is 28.5 Å². The van der Waals surface area contributed by atoms with Gasteiger partial charge in [0.05, 0.1) is 5.25 Å². The van der Waals surface area contributed by atoms with Gasteiger partial charge in [0.2, 0.25) is 0 Å². The molecule has 5 aliphatic rings. The van der Waals surface area contributed by atoms with Crippen molar-refractivity contribution >= 4 is 21.9 Å². The second-order valence-corrected chi connectivity index (χ2v) is 11.3. The van der Waals surface area contributed by atoms with E-state index in [4.69, 9.17) is 4.28 Å². The summed E-state index contributed by atoms with van der Waals surface area (Å²) in [5.41, 5.74) is 0.547. The lowest BCUT2D eigenvalue weighted by Crippen LogP contribution is -2.45. The molecule has 0 aromatic heterocycles. The molecule has 2 amide bonds. The van der Waals surface area contributed by atoms with Crippen LogP contribution in [0.3, 0.4) is 0 Å². The molecular weight excluding hydrogens is 354 g/mol. The number of carbonyl (C=O) groups is 2. The fourth-order valence-corrected chi connectivity index (χ4v) is 8.60. The highest BCUT2D eigenvalue weighted by molar-refractivity contribution is 7.87. The Bertz CT molecular complexity index is 840. The molecule has 0 aromatic carbocycles. The van der Waals surface area contributed by atoms with Crippen molar-refractivity contribution in [3.63, 3.8) is 0 Å². The number of nitrogens with zero attached hydrogens (tertiary/aromatic N) is 1. The molecule has 4 bridgehead atoms. The highest BCUT2D eigenvalue weighted by atomic mass is 32.2. The molecule has 0 spiro atoms. The van der Waals surface area contributed by atoms with Crippen molar-refractivity contribution in [1.82, 2.24) is 5.06 Å². The summed E-state index contributed by atoms with van der Waals surface area (Å²) in [6.07, 6.45) is 5.05. The summed E-state index contributed by atoms with van der Waals surface area (Å²) >= 11 is 0.